The monoisotopic (exact) mass is 616 g/mol. The van der Waals surface area contributed by atoms with Gasteiger partial charge in [-0.15, -0.1) is 0 Å². The molecule has 1 N–H and O–H groups in total. The van der Waals surface area contributed by atoms with E-state index in [1.165, 1.54) is 12.1 Å². The van der Waals surface area contributed by atoms with E-state index in [-0.39, 0.29) is 21.5 Å². The van der Waals surface area contributed by atoms with E-state index in [0.29, 0.717) is 23.5 Å². The van der Waals surface area contributed by atoms with Gasteiger partial charge in [0, 0.05) is 17.8 Å². The van der Waals surface area contributed by atoms with Crippen LogP contribution in [0.4, 0.5) is 15.8 Å². The molecule has 0 unspecified atom stereocenters. The summed E-state index contributed by atoms with van der Waals surface area (Å²) in [7, 11) is -6.44. The Morgan fingerprint density at radius 2 is 1.58 bits per heavy atom. The molecule has 0 aliphatic carbocycles. The number of nitrogens with zero attached hydrogens (tertiary/aromatic N) is 1. The van der Waals surface area contributed by atoms with E-state index in [0.717, 1.165) is 41.7 Å². The van der Waals surface area contributed by atoms with Gasteiger partial charge in [-0.1, -0.05) is 63.2 Å². The van der Waals surface area contributed by atoms with E-state index in [9.17, 15) is 17.6 Å². The van der Waals surface area contributed by atoms with Gasteiger partial charge >= 0.3 is 0 Å². The molecule has 4 aromatic rings. The summed E-state index contributed by atoms with van der Waals surface area (Å²) in [6.45, 7) is 10.9. The molecule has 0 bridgehead atoms. The highest BCUT2D eigenvalue weighted by molar-refractivity contribution is 7.92. The lowest BCUT2D eigenvalue weighted by Gasteiger charge is -2.37. The summed E-state index contributed by atoms with van der Waals surface area (Å²) >= 11 is 0. The molecule has 5 rings (SSSR count). The van der Waals surface area contributed by atoms with E-state index in [1.54, 1.807) is 23.1 Å². The molecule has 1 amide bonds. The molecule has 0 aromatic heterocycles. The normalized spacial score (nSPS) is 14.2. The number of hydrogen-bond donors (Lipinski definition) is 1. The summed E-state index contributed by atoms with van der Waals surface area (Å²) < 4.78 is 49.5. The van der Waals surface area contributed by atoms with Crippen LogP contribution in [-0.4, -0.2) is 29.2 Å². The first-order valence-corrected chi connectivity index (χ1v) is 18.8. The summed E-state index contributed by atoms with van der Waals surface area (Å²) in [5.41, 5.74) is 4.56. The van der Waals surface area contributed by atoms with E-state index >= 15 is 0 Å². The highest BCUT2D eigenvalue weighted by Crippen LogP contribution is 2.41. The first-order chi connectivity index (χ1) is 20.2. The van der Waals surface area contributed by atoms with Gasteiger partial charge < -0.3 is 9.33 Å². The van der Waals surface area contributed by atoms with Gasteiger partial charge in [-0.25, -0.2) is 12.8 Å². The molecule has 1 heterocycles. The molecular weight excluding hydrogens is 580 g/mol. The van der Waals surface area contributed by atoms with Gasteiger partial charge in [-0.3, -0.25) is 9.52 Å². The Kier molecular flexibility index (Phi) is 8.24. The Hall–Kier alpha value is -3.95. The van der Waals surface area contributed by atoms with E-state index in [1.807, 2.05) is 30.3 Å². The molecule has 1 aliphatic rings. The number of fused-ring (bicyclic) bond motifs is 1. The van der Waals surface area contributed by atoms with Crippen molar-refractivity contribution in [3.63, 3.8) is 0 Å². The van der Waals surface area contributed by atoms with Gasteiger partial charge in [0.25, 0.3) is 24.2 Å². The van der Waals surface area contributed by atoms with E-state index in [4.69, 9.17) is 4.43 Å². The van der Waals surface area contributed by atoms with Crippen molar-refractivity contribution in [1.29, 1.82) is 0 Å². The van der Waals surface area contributed by atoms with Crippen LogP contribution in [0.2, 0.25) is 18.1 Å². The average Bonchev–Trinajstić information content (AvgIpc) is 3.12. The number of benzene rings is 4. The predicted molar refractivity (Wildman–Crippen MR) is 173 cm³/mol. The zero-order chi connectivity index (χ0) is 31.0. The number of sulfonamides is 1. The third-order valence-electron chi connectivity index (χ3n) is 8.33. The van der Waals surface area contributed by atoms with Crippen molar-refractivity contribution in [1.82, 2.24) is 0 Å². The number of hydrogen-bond acceptors (Lipinski definition) is 4. The van der Waals surface area contributed by atoms with Crippen molar-refractivity contribution < 1.29 is 22.0 Å². The second-order valence-corrected chi connectivity index (χ2v) is 18.8. The Labute approximate surface area is 254 Å². The number of carbonyl (C=O) groups excluding carboxylic acids is 1. The third kappa shape index (κ3) is 6.52. The lowest BCUT2D eigenvalue weighted by molar-refractivity contribution is 0.0988. The maximum Gasteiger partial charge on any atom is 0.262 e. The number of carbonyl (C=O) groups is 1. The van der Waals surface area contributed by atoms with Crippen molar-refractivity contribution in [3.05, 3.63) is 108 Å². The van der Waals surface area contributed by atoms with Crippen LogP contribution in [-0.2, 0) is 16.4 Å². The summed E-state index contributed by atoms with van der Waals surface area (Å²) in [6, 6.07) is 25.8. The SMILES string of the molecule is CC(C)(C)[Si](C)(C)Oc1ccc(N2CCCc3cc(-c4ccccc4)ccc3C2=O)cc1NS(=O)(=O)c1ccc(F)cc1. The Morgan fingerprint density at radius 3 is 2.26 bits per heavy atom. The minimum atomic E-state index is -4.08. The first kappa shape index (κ1) is 30.5. The zero-order valence-corrected chi connectivity index (χ0v) is 27.0. The molecule has 43 heavy (non-hydrogen) atoms. The van der Waals surface area contributed by atoms with Gasteiger partial charge in [-0.05, 0) is 96.2 Å². The van der Waals surface area contributed by atoms with Crippen LogP contribution >= 0.6 is 0 Å². The molecule has 6 nitrogen and oxygen atoms in total. The number of aryl methyl sites for hydroxylation is 1. The fourth-order valence-corrected chi connectivity index (χ4v) is 6.94. The minimum Gasteiger partial charge on any atom is -0.542 e. The number of amides is 1. The summed E-state index contributed by atoms with van der Waals surface area (Å²) in [5.74, 6) is -0.285. The Balaban J connectivity index is 1.53. The zero-order valence-electron chi connectivity index (χ0n) is 25.1. The molecule has 4 aromatic carbocycles. The van der Waals surface area contributed by atoms with Crippen molar-refractivity contribution in [2.45, 2.75) is 56.6 Å². The van der Waals surface area contributed by atoms with Crippen LogP contribution in [0.5, 0.6) is 5.75 Å². The maximum atomic E-state index is 13.9. The van der Waals surface area contributed by atoms with Crippen LogP contribution in [0.3, 0.4) is 0 Å². The van der Waals surface area contributed by atoms with Gasteiger partial charge in [-0.2, -0.15) is 0 Å². The molecule has 224 valence electrons. The van der Waals surface area contributed by atoms with Crippen LogP contribution in [0.1, 0.15) is 43.1 Å². The second-order valence-electron chi connectivity index (χ2n) is 12.4. The maximum absolute atomic E-state index is 13.9. The molecule has 0 radical (unpaired) electrons. The largest absolute Gasteiger partial charge is 0.542 e. The van der Waals surface area contributed by atoms with Crippen molar-refractivity contribution in [2.24, 2.45) is 0 Å². The van der Waals surface area contributed by atoms with E-state index in [2.05, 4.69) is 56.8 Å². The molecule has 0 saturated heterocycles. The molecule has 9 heteroatoms. The first-order valence-electron chi connectivity index (χ1n) is 14.4. The summed E-state index contributed by atoms with van der Waals surface area (Å²) in [6.07, 6.45) is 1.49. The van der Waals surface area contributed by atoms with Crippen molar-refractivity contribution >= 4 is 35.6 Å². The lowest BCUT2D eigenvalue weighted by atomic mass is 9.97. The standard InChI is InChI=1S/C34H37FN2O4SSi/c1-34(2,3)43(4,5)41-32-20-16-28(23-31(32)36-42(39,40)29-17-14-27(35)15-18-29)37-21-9-12-26-22-25(13-19-30(26)33(37)38)24-10-7-6-8-11-24/h6-8,10-11,13-20,22-23,36H,9,12,21H2,1-5H3. The molecule has 0 saturated carbocycles. The fourth-order valence-electron chi connectivity index (χ4n) is 4.84. The predicted octanol–water partition coefficient (Wildman–Crippen LogP) is 8.27. The number of nitrogens with one attached hydrogen (secondary N) is 1. The third-order valence-corrected chi connectivity index (χ3v) is 14.1. The van der Waals surface area contributed by atoms with Crippen LogP contribution < -0.4 is 14.0 Å². The quantitative estimate of drug-likeness (QED) is 0.212. The van der Waals surface area contributed by atoms with Crippen molar-refractivity contribution in [2.75, 3.05) is 16.2 Å². The average molecular weight is 617 g/mol. The molecule has 0 fully saturated rings. The molecular formula is C34H37FN2O4SSi. The summed E-state index contributed by atoms with van der Waals surface area (Å²) in [5, 5.41) is -0.137. The Morgan fingerprint density at radius 1 is 0.884 bits per heavy atom. The highest BCUT2D eigenvalue weighted by atomic mass is 32.2. The van der Waals surface area contributed by atoms with Crippen LogP contribution in [0.15, 0.2) is 95.9 Å². The van der Waals surface area contributed by atoms with Gasteiger partial charge in [0.2, 0.25) is 0 Å². The second kappa shape index (κ2) is 11.6. The number of anilines is 2. The van der Waals surface area contributed by atoms with Gasteiger partial charge in [0.15, 0.2) is 0 Å². The van der Waals surface area contributed by atoms with Gasteiger partial charge in [0.05, 0.1) is 10.6 Å². The minimum absolute atomic E-state index is 0.0772. The highest BCUT2D eigenvalue weighted by Gasteiger charge is 2.40. The summed E-state index contributed by atoms with van der Waals surface area (Å²) in [4.78, 5) is 15.5. The number of halogens is 1. The molecule has 1 aliphatic heterocycles. The molecule has 0 atom stereocenters. The van der Waals surface area contributed by atoms with Crippen LogP contribution in [0.25, 0.3) is 11.1 Å². The van der Waals surface area contributed by atoms with E-state index < -0.39 is 24.2 Å². The van der Waals surface area contributed by atoms with Gasteiger partial charge in [0.1, 0.15) is 11.6 Å². The van der Waals surface area contributed by atoms with Crippen LogP contribution in [0, 0.1) is 5.82 Å². The number of rotatable bonds is 7. The fraction of sp³-hybridized carbons (Fsp3) is 0.265. The topological polar surface area (TPSA) is 75.7 Å². The smallest absolute Gasteiger partial charge is 0.262 e. The molecule has 0 spiro atoms. The lowest BCUT2D eigenvalue weighted by Crippen LogP contribution is -2.44. The Bertz CT molecular complexity index is 1750. The van der Waals surface area contributed by atoms with Crippen molar-refractivity contribution in [3.8, 4) is 16.9 Å².